The predicted octanol–water partition coefficient (Wildman–Crippen LogP) is -0.147. The van der Waals surface area contributed by atoms with Crippen LogP contribution in [0.25, 0.3) is 0 Å². The first-order valence-corrected chi connectivity index (χ1v) is 6.72. The number of anilines is 2. The van der Waals surface area contributed by atoms with Crippen LogP contribution in [-0.4, -0.2) is 25.7 Å². The van der Waals surface area contributed by atoms with Crippen LogP contribution in [0.2, 0.25) is 0 Å². The highest BCUT2D eigenvalue weighted by molar-refractivity contribution is 7.89. The van der Waals surface area contributed by atoms with Gasteiger partial charge in [0.25, 0.3) is 0 Å². The molecular weight excluding hydrogens is 242 g/mol. The molecule has 1 aliphatic carbocycles. The van der Waals surface area contributed by atoms with Crippen molar-refractivity contribution in [1.82, 2.24) is 0 Å². The topological polar surface area (TPSA) is 118 Å². The Hall–Kier alpha value is -1.31. The SMILES string of the molecule is Nc1cc(S(N)(=O)=O)ccc1NC1(CO)CC1. The van der Waals surface area contributed by atoms with Gasteiger partial charge in [0.2, 0.25) is 10.0 Å². The Balaban J connectivity index is 2.27. The summed E-state index contributed by atoms with van der Waals surface area (Å²) in [5, 5.41) is 17.3. The van der Waals surface area contributed by atoms with Crippen molar-refractivity contribution in [2.75, 3.05) is 17.7 Å². The van der Waals surface area contributed by atoms with E-state index in [0.29, 0.717) is 11.4 Å². The molecule has 0 bridgehead atoms. The molecule has 0 saturated heterocycles. The minimum absolute atomic E-state index is 0.0191. The zero-order valence-corrected chi connectivity index (χ0v) is 10.00. The molecular formula is C10H15N3O3S. The van der Waals surface area contributed by atoms with Gasteiger partial charge in [0, 0.05) is 0 Å². The molecule has 6 N–H and O–H groups in total. The number of sulfonamides is 1. The van der Waals surface area contributed by atoms with Gasteiger partial charge in [-0.15, -0.1) is 0 Å². The second-order valence-electron chi connectivity index (χ2n) is 4.36. The minimum atomic E-state index is -3.73. The van der Waals surface area contributed by atoms with Gasteiger partial charge in [-0.1, -0.05) is 0 Å². The molecule has 0 aromatic heterocycles. The number of aliphatic hydroxyl groups excluding tert-OH is 1. The Morgan fingerprint density at radius 1 is 1.41 bits per heavy atom. The van der Waals surface area contributed by atoms with E-state index >= 15 is 0 Å². The number of hydrogen-bond donors (Lipinski definition) is 4. The molecule has 1 aromatic rings. The largest absolute Gasteiger partial charge is 0.397 e. The predicted molar refractivity (Wildman–Crippen MR) is 64.9 cm³/mol. The fraction of sp³-hybridized carbons (Fsp3) is 0.400. The average Bonchev–Trinajstić information content (AvgIpc) is 3.00. The Bertz CT molecular complexity index is 538. The highest BCUT2D eigenvalue weighted by Gasteiger charge is 2.42. The number of nitrogen functional groups attached to an aromatic ring is 1. The van der Waals surface area contributed by atoms with Gasteiger partial charge >= 0.3 is 0 Å². The molecule has 1 aromatic carbocycles. The van der Waals surface area contributed by atoms with Crippen LogP contribution in [0.4, 0.5) is 11.4 Å². The molecule has 17 heavy (non-hydrogen) atoms. The van der Waals surface area contributed by atoms with E-state index in [2.05, 4.69) is 5.32 Å². The molecule has 1 fully saturated rings. The van der Waals surface area contributed by atoms with Crippen LogP contribution in [-0.2, 0) is 10.0 Å². The Kier molecular flexibility index (Phi) is 2.76. The molecule has 6 nitrogen and oxygen atoms in total. The van der Waals surface area contributed by atoms with Crippen molar-refractivity contribution < 1.29 is 13.5 Å². The lowest BCUT2D eigenvalue weighted by molar-refractivity contribution is 0.266. The molecule has 0 spiro atoms. The van der Waals surface area contributed by atoms with Crippen molar-refractivity contribution in [2.24, 2.45) is 5.14 Å². The van der Waals surface area contributed by atoms with Crippen molar-refractivity contribution in [3.8, 4) is 0 Å². The Morgan fingerprint density at radius 2 is 2.06 bits per heavy atom. The van der Waals surface area contributed by atoms with E-state index in [1.165, 1.54) is 12.1 Å². The van der Waals surface area contributed by atoms with E-state index < -0.39 is 10.0 Å². The molecule has 7 heteroatoms. The van der Waals surface area contributed by atoms with Crippen LogP contribution in [0.5, 0.6) is 0 Å². The number of hydrogen-bond acceptors (Lipinski definition) is 5. The monoisotopic (exact) mass is 257 g/mol. The van der Waals surface area contributed by atoms with Crippen LogP contribution in [0.1, 0.15) is 12.8 Å². The van der Waals surface area contributed by atoms with E-state index in [1.54, 1.807) is 6.07 Å². The lowest BCUT2D eigenvalue weighted by atomic mass is 10.2. The zero-order valence-electron chi connectivity index (χ0n) is 9.18. The van der Waals surface area contributed by atoms with Crippen molar-refractivity contribution in [3.63, 3.8) is 0 Å². The molecule has 0 heterocycles. The molecule has 1 saturated carbocycles. The second-order valence-corrected chi connectivity index (χ2v) is 5.92. The lowest BCUT2D eigenvalue weighted by Gasteiger charge is -2.17. The van der Waals surface area contributed by atoms with Gasteiger partial charge in [-0.3, -0.25) is 0 Å². The second kappa shape index (κ2) is 3.86. The Morgan fingerprint density at radius 3 is 2.47 bits per heavy atom. The van der Waals surface area contributed by atoms with Gasteiger partial charge in [-0.05, 0) is 31.0 Å². The van der Waals surface area contributed by atoms with E-state index in [-0.39, 0.29) is 17.0 Å². The third-order valence-electron chi connectivity index (χ3n) is 2.91. The lowest BCUT2D eigenvalue weighted by Crippen LogP contribution is -2.26. The van der Waals surface area contributed by atoms with Crippen molar-refractivity contribution in [3.05, 3.63) is 18.2 Å². The highest BCUT2D eigenvalue weighted by Crippen LogP contribution is 2.39. The number of primary sulfonamides is 1. The number of benzene rings is 1. The van der Waals surface area contributed by atoms with Crippen LogP contribution in [0, 0.1) is 0 Å². The third kappa shape index (κ3) is 2.51. The quantitative estimate of drug-likeness (QED) is 0.559. The summed E-state index contributed by atoms with van der Waals surface area (Å²) in [6.07, 6.45) is 1.75. The maximum Gasteiger partial charge on any atom is 0.238 e. The van der Waals surface area contributed by atoms with Gasteiger partial charge in [0.1, 0.15) is 0 Å². The van der Waals surface area contributed by atoms with Crippen LogP contribution in [0.3, 0.4) is 0 Å². The van der Waals surface area contributed by atoms with Crippen LogP contribution in [0.15, 0.2) is 23.1 Å². The fourth-order valence-electron chi connectivity index (χ4n) is 1.59. The highest BCUT2D eigenvalue weighted by atomic mass is 32.2. The zero-order chi connectivity index (χ0) is 12.7. The molecule has 0 atom stereocenters. The smallest absolute Gasteiger partial charge is 0.238 e. The number of rotatable bonds is 4. The standard InChI is InChI=1S/C10H15N3O3S/c11-8-5-7(17(12,15)16)1-2-9(8)13-10(6-14)3-4-10/h1-2,5,13-14H,3-4,6,11H2,(H2,12,15,16). The molecule has 0 amide bonds. The molecule has 0 unspecified atom stereocenters. The molecule has 0 aliphatic heterocycles. The summed E-state index contributed by atoms with van der Waals surface area (Å²) in [7, 11) is -3.73. The Labute approximate surface area is 99.7 Å². The first kappa shape index (κ1) is 12.2. The number of aliphatic hydroxyl groups is 1. The minimum Gasteiger partial charge on any atom is -0.397 e. The first-order valence-electron chi connectivity index (χ1n) is 5.18. The van der Waals surface area contributed by atoms with Gasteiger partial charge in [0.05, 0.1) is 28.4 Å². The summed E-state index contributed by atoms with van der Waals surface area (Å²) in [6, 6.07) is 4.26. The van der Waals surface area contributed by atoms with Gasteiger partial charge in [-0.2, -0.15) is 0 Å². The van der Waals surface area contributed by atoms with E-state index in [1.807, 2.05) is 0 Å². The number of nitrogens with one attached hydrogen (secondary N) is 1. The van der Waals surface area contributed by atoms with Crippen LogP contribution < -0.4 is 16.2 Å². The van der Waals surface area contributed by atoms with Gasteiger partial charge in [0.15, 0.2) is 0 Å². The normalized spacial score (nSPS) is 17.8. The summed E-state index contributed by atoms with van der Waals surface area (Å²) in [5.41, 5.74) is 6.37. The first-order chi connectivity index (χ1) is 7.86. The summed E-state index contributed by atoms with van der Waals surface area (Å²) in [5.74, 6) is 0. The third-order valence-corrected chi connectivity index (χ3v) is 3.82. The number of nitrogens with two attached hydrogens (primary N) is 2. The summed E-state index contributed by atoms with van der Waals surface area (Å²) in [6.45, 7) is 0.0311. The van der Waals surface area contributed by atoms with E-state index in [4.69, 9.17) is 10.9 Å². The van der Waals surface area contributed by atoms with Gasteiger partial charge < -0.3 is 16.2 Å². The molecule has 2 rings (SSSR count). The summed E-state index contributed by atoms with van der Waals surface area (Å²) >= 11 is 0. The average molecular weight is 257 g/mol. The van der Waals surface area contributed by atoms with Crippen molar-refractivity contribution in [2.45, 2.75) is 23.3 Å². The molecule has 1 aliphatic rings. The van der Waals surface area contributed by atoms with Crippen LogP contribution >= 0.6 is 0 Å². The van der Waals surface area contributed by atoms with Crippen molar-refractivity contribution >= 4 is 21.4 Å². The molecule has 94 valence electrons. The maximum absolute atomic E-state index is 11.1. The van der Waals surface area contributed by atoms with Gasteiger partial charge in [-0.25, -0.2) is 13.6 Å². The molecule has 0 radical (unpaired) electrons. The summed E-state index contributed by atoms with van der Waals surface area (Å²) in [4.78, 5) is -0.0191. The maximum atomic E-state index is 11.1. The van der Waals surface area contributed by atoms with E-state index in [0.717, 1.165) is 12.8 Å². The summed E-state index contributed by atoms with van der Waals surface area (Å²) < 4.78 is 22.2. The van der Waals surface area contributed by atoms with Crippen molar-refractivity contribution in [1.29, 1.82) is 0 Å². The fourth-order valence-corrected chi connectivity index (χ4v) is 2.14. The van der Waals surface area contributed by atoms with E-state index in [9.17, 15) is 13.5 Å².